The highest BCUT2D eigenvalue weighted by Gasteiger charge is 2.42. The number of nitrogens with zero attached hydrogens (tertiary/aromatic N) is 3. The summed E-state index contributed by atoms with van der Waals surface area (Å²) < 4.78 is 22.8. The number of para-hydroxylation sites is 1. The van der Waals surface area contributed by atoms with Gasteiger partial charge in [0.05, 0.1) is 17.4 Å². The minimum atomic E-state index is -0.294. The molecule has 0 saturated carbocycles. The zero-order valence-corrected chi connectivity index (χ0v) is 21.5. The van der Waals surface area contributed by atoms with E-state index in [4.69, 9.17) is 17.0 Å². The van der Waals surface area contributed by atoms with E-state index in [-0.39, 0.29) is 17.9 Å². The third-order valence-electron chi connectivity index (χ3n) is 6.66. The van der Waals surface area contributed by atoms with Gasteiger partial charge in [-0.1, -0.05) is 35.9 Å². The number of hydrogen-bond acceptors (Lipinski definition) is 3. The topological polar surface area (TPSA) is 42.3 Å². The van der Waals surface area contributed by atoms with E-state index in [1.54, 1.807) is 18.3 Å². The fraction of sp³-hybridized carbons (Fsp3) is 0.0968. The van der Waals surface area contributed by atoms with Crippen molar-refractivity contribution in [1.82, 2.24) is 14.9 Å². The largest absolute Gasteiger partial charge is 0.457 e. The van der Waals surface area contributed by atoms with Crippen molar-refractivity contribution >= 4 is 23.0 Å². The number of thiocarbonyl (C=S) groups is 1. The second-order valence-electron chi connectivity index (χ2n) is 9.16. The first kappa shape index (κ1) is 23.9. The second-order valence-corrected chi connectivity index (χ2v) is 9.55. The van der Waals surface area contributed by atoms with Crippen LogP contribution in [-0.4, -0.2) is 14.7 Å². The van der Waals surface area contributed by atoms with E-state index in [1.165, 1.54) is 11.6 Å². The van der Waals surface area contributed by atoms with Gasteiger partial charge in [0.2, 0.25) is 0 Å². The SMILES string of the molecule is Cc1ccc(Oc2ccc(N3C(=S)N[C@H](c4ccccn4)[C@H]3c3cccn3-c3ccccc3F)cc2)cc1. The second kappa shape index (κ2) is 10.1. The maximum atomic E-state index is 14.9. The van der Waals surface area contributed by atoms with Crippen molar-refractivity contribution in [3.63, 3.8) is 0 Å². The molecule has 1 aliphatic heterocycles. The number of rotatable bonds is 6. The van der Waals surface area contributed by atoms with Crippen LogP contribution in [0, 0.1) is 12.7 Å². The summed E-state index contributed by atoms with van der Waals surface area (Å²) in [7, 11) is 0. The number of nitrogens with one attached hydrogen (secondary N) is 1. The molecule has 0 radical (unpaired) electrons. The molecule has 3 heterocycles. The summed E-state index contributed by atoms with van der Waals surface area (Å²) in [5, 5.41) is 4.04. The summed E-state index contributed by atoms with van der Waals surface area (Å²) in [5.74, 6) is 1.21. The minimum absolute atomic E-state index is 0.243. The Bertz CT molecular complexity index is 1570. The monoisotopic (exact) mass is 520 g/mol. The summed E-state index contributed by atoms with van der Waals surface area (Å²) in [5.41, 5.74) is 4.28. The van der Waals surface area contributed by atoms with E-state index < -0.39 is 0 Å². The Morgan fingerprint density at radius 2 is 1.55 bits per heavy atom. The van der Waals surface area contributed by atoms with E-state index in [2.05, 4.69) is 15.2 Å². The zero-order chi connectivity index (χ0) is 26.1. The lowest BCUT2D eigenvalue weighted by atomic mass is 10.0. The lowest BCUT2D eigenvalue weighted by Gasteiger charge is -2.29. The van der Waals surface area contributed by atoms with E-state index in [9.17, 15) is 4.39 Å². The molecule has 7 heteroatoms. The molecule has 0 amide bonds. The van der Waals surface area contributed by atoms with E-state index in [0.29, 0.717) is 10.8 Å². The first-order valence-electron chi connectivity index (χ1n) is 12.4. The molecule has 188 valence electrons. The van der Waals surface area contributed by atoms with Crippen LogP contribution in [0.1, 0.15) is 29.0 Å². The van der Waals surface area contributed by atoms with Crippen LogP contribution in [0.5, 0.6) is 11.5 Å². The Hall–Kier alpha value is -4.49. The standard InChI is InChI=1S/C31H25FN4OS/c1-21-11-15-23(16-12-21)37-24-17-13-22(14-18-24)36-30(29(34-31(36)38)26-8-4-5-19-33-26)28-10-6-20-35(28)27-9-3-2-7-25(27)32/h2-20,29-30H,1H3,(H,34,38)/t29-,30-/m1/s1. The van der Waals surface area contributed by atoms with Gasteiger partial charge in [-0.05, 0) is 91.9 Å². The molecule has 1 fully saturated rings. The Morgan fingerprint density at radius 3 is 2.26 bits per heavy atom. The first-order valence-corrected chi connectivity index (χ1v) is 12.8. The molecule has 6 rings (SSSR count). The predicted molar refractivity (Wildman–Crippen MR) is 151 cm³/mol. The molecule has 1 N–H and O–H groups in total. The van der Waals surface area contributed by atoms with E-state index >= 15 is 0 Å². The van der Waals surface area contributed by atoms with Crippen LogP contribution in [0.25, 0.3) is 5.69 Å². The molecule has 5 aromatic rings. The van der Waals surface area contributed by atoms with Crippen molar-refractivity contribution in [1.29, 1.82) is 0 Å². The average Bonchev–Trinajstić information content (AvgIpc) is 3.55. The van der Waals surface area contributed by atoms with E-state index in [1.807, 2.05) is 103 Å². The lowest BCUT2D eigenvalue weighted by molar-refractivity contribution is 0.482. The molecule has 2 aromatic heterocycles. The van der Waals surface area contributed by atoms with Gasteiger partial charge in [0.25, 0.3) is 0 Å². The fourth-order valence-corrected chi connectivity index (χ4v) is 5.20. The van der Waals surface area contributed by atoms with Gasteiger partial charge in [-0.3, -0.25) is 4.98 Å². The Balaban J connectivity index is 1.40. The molecule has 0 spiro atoms. The summed E-state index contributed by atoms with van der Waals surface area (Å²) in [6.45, 7) is 2.04. The van der Waals surface area contributed by atoms with Crippen LogP contribution < -0.4 is 15.0 Å². The van der Waals surface area contributed by atoms with Gasteiger partial charge in [-0.15, -0.1) is 0 Å². The normalized spacial score (nSPS) is 16.9. The third kappa shape index (κ3) is 4.53. The predicted octanol–water partition coefficient (Wildman–Crippen LogP) is 7.29. The number of benzene rings is 3. The van der Waals surface area contributed by atoms with Crippen molar-refractivity contribution < 1.29 is 9.13 Å². The van der Waals surface area contributed by atoms with E-state index in [0.717, 1.165) is 28.6 Å². The van der Waals surface area contributed by atoms with Gasteiger partial charge in [-0.25, -0.2) is 4.39 Å². The number of aromatic nitrogens is 2. The first-order chi connectivity index (χ1) is 18.6. The van der Waals surface area contributed by atoms with Gasteiger partial charge in [0.1, 0.15) is 23.4 Å². The number of ether oxygens (including phenoxy) is 1. The van der Waals surface area contributed by atoms with Gasteiger partial charge < -0.3 is 19.5 Å². The number of pyridine rings is 1. The highest BCUT2D eigenvalue weighted by Crippen LogP contribution is 2.42. The van der Waals surface area contributed by atoms with Crippen LogP contribution in [0.4, 0.5) is 10.1 Å². The van der Waals surface area contributed by atoms with Gasteiger partial charge in [-0.2, -0.15) is 0 Å². The molecule has 1 saturated heterocycles. The average molecular weight is 521 g/mol. The molecule has 1 aliphatic rings. The van der Waals surface area contributed by atoms with Gasteiger partial charge in [0.15, 0.2) is 5.11 Å². The van der Waals surface area contributed by atoms with Crippen molar-refractivity contribution in [2.24, 2.45) is 0 Å². The summed E-state index contributed by atoms with van der Waals surface area (Å²) in [4.78, 5) is 6.68. The lowest BCUT2D eigenvalue weighted by Crippen LogP contribution is -2.30. The molecule has 5 nitrogen and oxygen atoms in total. The highest BCUT2D eigenvalue weighted by atomic mass is 32.1. The Kier molecular flexibility index (Phi) is 6.35. The fourth-order valence-electron chi connectivity index (χ4n) is 4.85. The van der Waals surface area contributed by atoms with Crippen LogP contribution in [0.2, 0.25) is 0 Å². The van der Waals surface area contributed by atoms with Crippen molar-refractivity contribution in [3.8, 4) is 17.2 Å². The maximum absolute atomic E-state index is 14.9. The van der Waals surface area contributed by atoms with Gasteiger partial charge >= 0.3 is 0 Å². The minimum Gasteiger partial charge on any atom is -0.457 e. The molecular formula is C31H25FN4OS. The Morgan fingerprint density at radius 1 is 0.842 bits per heavy atom. The van der Waals surface area contributed by atoms with Crippen LogP contribution in [0.3, 0.4) is 0 Å². The number of halogens is 1. The van der Waals surface area contributed by atoms with Crippen molar-refractivity contribution in [2.75, 3.05) is 4.90 Å². The summed E-state index contributed by atoms with van der Waals surface area (Å²) >= 11 is 5.86. The summed E-state index contributed by atoms with van der Waals surface area (Å²) in [6.07, 6.45) is 3.65. The zero-order valence-electron chi connectivity index (χ0n) is 20.7. The van der Waals surface area contributed by atoms with Crippen molar-refractivity contribution in [3.05, 3.63) is 138 Å². The van der Waals surface area contributed by atoms with Crippen molar-refractivity contribution in [2.45, 2.75) is 19.0 Å². The summed E-state index contributed by atoms with van der Waals surface area (Å²) in [6, 6.07) is 31.8. The maximum Gasteiger partial charge on any atom is 0.174 e. The quantitative estimate of drug-likeness (QED) is 0.238. The number of hydrogen-bond donors (Lipinski definition) is 1. The highest BCUT2D eigenvalue weighted by molar-refractivity contribution is 7.80. The molecule has 38 heavy (non-hydrogen) atoms. The number of anilines is 1. The van der Waals surface area contributed by atoms with Crippen LogP contribution >= 0.6 is 12.2 Å². The molecule has 0 unspecified atom stereocenters. The number of aryl methyl sites for hydroxylation is 1. The van der Waals surface area contributed by atoms with Crippen LogP contribution in [-0.2, 0) is 0 Å². The Labute approximate surface area is 226 Å². The molecule has 3 aromatic carbocycles. The molecule has 2 atom stereocenters. The molecule has 0 aliphatic carbocycles. The molecular weight excluding hydrogens is 495 g/mol. The van der Waals surface area contributed by atoms with Crippen LogP contribution in [0.15, 0.2) is 116 Å². The van der Waals surface area contributed by atoms with Gasteiger partial charge in [0, 0.05) is 23.8 Å². The molecule has 0 bridgehead atoms. The third-order valence-corrected chi connectivity index (χ3v) is 6.98. The smallest absolute Gasteiger partial charge is 0.174 e.